The van der Waals surface area contributed by atoms with Crippen LogP contribution in [-0.2, 0) is 25.6 Å². The van der Waals surface area contributed by atoms with Gasteiger partial charge in [-0.05, 0) is 11.6 Å². The largest absolute Gasteiger partial charge is 0.497 e. The van der Waals surface area contributed by atoms with Crippen molar-refractivity contribution >= 4 is 28.0 Å². The van der Waals surface area contributed by atoms with Crippen molar-refractivity contribution in [1.82, 2.24) is 5.32 Å². The standard InChI is InChI=1S/C16H18BrNO5/c1-21-15(19)13(9-14-12(17)7-8-22-14)18-16(20)23-10-11-5-3-2-4-6-11/h2-8,12-14H,9-10H2,1H3,(H,18,20). The average Bonchev–Trinajstić information content (AvgIpc) is 2.97. The van der Waals surface area contributed by atoms with Gasteiger partial charge in [-0.2, -0.15) is 0 Å². The Kier molecular flexibility index (Phi) is 6.46. The summed E-state index contributed by atoms with van der Waals surface area (Å²) < 4.78 is 15.2. The quantitative estimate of drug-likeness (QED) is 0.603. The Morgan fingerprint density at radius 3 is 2.70 bits per heavy atom. The third-order valence-corrected chi connectivity index (χ3v) is 4.22. The molecule has 0 saturated heterocycles. The molecule has 1 aliphatic heterocycles. The third kappa shape index (κ3) is 5.28. The summed E-state index contributed by atoms with van der Waals surface area (Å²) in [4.78, 5) is 23.7. The van der Waals surface area contributed by atoms with Gasteiger partial charge in [0.2, 0.25) is 0 Å². The van der Waals surface area contributed by atoms with Crippen molar-refractivity contribution in [3.63, 3.8) is 0 Å². The van der Waals surface area contributed by atoms with Gasteiger partial charge in [0.05, 0.1) is 18.2 Å². The van der Waals surface area contributed by atoms with Crippen LogP contribution < -0.4 is 5.32 Å². The van der Waals surface area contributed by atoms with E-state index < -0.39 is 18.1 Å². The third-order valence-electron chi connectivity index (χ3n) is 3.33. The summed E-state index contributed by atoms with van der Waals surface area (Å²) in [6.07, 6.45) is 2.73. The molecule has 1 aliphatic rings. The van der Waals surface area contributed by atoms with Gasteiger partial charge in [-0.25, -0.2) is 9.59 Å². The van der Waals surface area contributed by atoms with E-state index >= 15 is 0 Å². The number of rotatable bonds is 6. The molecule has 1 aromatic carbocycles. The molecule has 0 radical (unpaired) electrons. The lowest BCUT2D eigenvalue weighted by molar-refractivity contribution is -0.143. The highest BCUT2D eigenvalue weighted by Gasteiger charge is 2.31. The Hall–Kier alpha value is -2.02. The van der Waals surface area contributed by atoms with Crippen molar-refractivity contribution in [2.45, 2.75) is 30.0 Å². The zero-order chi connectivity index (χ0) is 16.7. The second kappa shape index (κ2) is 8.57. The van der Waals surface area contributed by atoms with Gasteiger partial charge in [-0.3, -0.25) is 0 Å². The fourth-order valence-corrected chi connectivity index (χ4v) is 2.57. The van der Waals surface area contributed by atoms with E-state index in [2.05, 4.69) is 21.2 Å². The maximum atomic E-state index is 11.9. The number of carbonyl (C=O) groups is 2. The van der Waals surface area contributed by atoms with E-state index in [1.807, 2.05) is 36.4 Å². The van der Waals surface area contributed by atoms with Crippen molar-refractivity contribution in [2.75, 3.05) is 7.11 Å². The maximum Gasteiger partial charge on any atom is 0.408 e. The predicted octanol–water partition coefficient (Wildman–Crippen LogP) is 2.52. The fourth-order valence-electron chi connectivity index (χ4n) is 2.10. The molecule has 0 aromatic heterocycles. The number of carbonyl (C=O) groups excluding carboxylic acids is 2. The average molecular weight is 384 g/mol. The topological polar surface area (TPSA) is 73.9 Å². The van der Waals surface area contributed by atoms with Crippen molar-refractivity contribution < 1.29 is 23.8 Å². The Morgan fingerprint density at radius 1 is 1.35 bits per heavy atom. The number of hydrogen-bond acceptors (Lipinski definition) is 5. The minimum atomic E-state index is -0.840. The molecule has 0 bridgehead atoms. The van der Waals surface area contributed by atoms with E-state index in [9.17, 15) is 9.59 Å². The van der Waals surface area contributed by atoms with E-state index in [0.717, 1.165) is 5.56 Å². The van der Waals surface area contributed by atoms with Crippen LogP contribution in [0.5, 0.6) is 0 Å². The smallest absolute Gasteiger partial charge is 0.408 e. The Morgan fingerprint density at radius 2 is 2.09 bits per heavy atom. The van der Waals surface area contributed by atoms with Crippen molar-refractivity contribution in [3.8, 4) is 0 Å². The fraction of sp³-hybridized carbons (Fsp3) is 0.375. The predicted molar refractivity (Wildman–Crippen MR) is 86.9 cm³/mol. The number of hydrogen-bond donors (Lipinski definition) is 1. The molecule has 0 fully saturated rings. The van der Waals surface area contributed by atoms with Crippen LogP contribution in [0, 0.1) is 0 Å². The van der Waals surface area contributed by atoms with Gasteiger partial charge in [-0.15, -0.1) is 0 Å². The number of nitrogens with one attached hydrogen (secondary N) is 1. The van der Waals surface area contributed by atoms with Crippen LogP contribution in [0.1, 0.15) is 12.0 Å². The SMILES string of the molecule is COC(=O)C(CC1OC=CC1Br)NC(=O)OCc1ccccc1. The molecule has 0 aliphatic carbocycles. The number of amides is 1. The second-order valence-corrected chi connectivity index (χ2v) is 6.02. The van der Waals surface area contributed by atoms with E-state index in [4.69, 9.17) is 14.2 Å². The van der Waals surface area contributed by atoms with Gasteiger partial charge in [-0.1, -0.05) is 46.3 Å². The normalized spacial score (nSPS) is 20.4. The molecule has 3 unspecified atom stereocenters. The number of halogens is 1. The lowest BCUT2D eigenvalue weighted by Crippen LogP contribution is -2.44. The summed E-state index contributed by atoms with van der Waals surface area (Å²) in [6, 6.07) is 8.44. The van der Waals surface area contributed by atoms with Crippen molar-refractivity contribution in [2.24, 2.45) is 0 Å². The van der Waals surface area contributed by atoms with Crippen LogP contribution >= 0.6 is 15.9 Å². The first-order valence-electron chi connectivity index (χ1n) is 7.11. The van der Waals surface area contributed by atoms with Crippen LogP contribution in [0.25, 0.3) is 0 Å². The minimum absolute atomic E-state index is 0.0169. The molecule has 124 valence electrons. The highest BCUT2D eigenvalue weighted by atomic mass is 79.9. The molecule has 0 spiro atoms. The lowest BCUT2D eigenvalue weighted by Gasteiger charge is -2.21. The van der Waals surface area contributed by atoms with Crippen LogP contribution in [0.15, 0.2) is 42.7 Å². The molecule has 2 rings (SSSR count). The van der Waals surface area contributed by atoms with E-state index in [-0.39, 0.29) is 24.0 Å². The van der Waals surface area contributed by atoms with Gasteiger partial charge < -0.3 is 19.5 Å². The monoisotopic (exact) mass is 383 g/mol. The minimum Gasteiger partial charge on any atom is -0.497 e. The van der Waals surface area contributed by atoms with Crippen LogP contribution in [0.4, 0.5) is 4.79 Å². The number of ether oxygens (including phenoxy) is 3. The Labute approximate surface area is 142 Å². The zero-order valence-electron chi connectivity index (χ0n) is 12.6. The van der Waals surface area contributed by atoms with Gasteiger partial charge in [0.25, 0.3) is 0 Å². The van der Waals surface area contributed by atoms with E-state index in [1.54, 1.807) is 6.26 Å². The summed E-state index contributed by atoms with van der Waals surface area (Å²) in [5.74, 6) is -0.545. The van der Waals surface area contributed by atoms with Crippen LogP contribution in [0.3, 0.4) is 0 Å². The number of esters is 1. The number of methoxy groups -OCH3 is 1. The first-order chi connectivity index (χ1) is 11.1. The molecule has 1 heterocycles. The Balaban J connectivity index is 1.86. The molecule has 7 heteroatoms. The Bertz CT molecular complexity index is 563. The maximum absolute atomic E-state index is 11.9. The van der Waals surface area contributed by atoms with E-state index in [1.165, 1.54) is 7.11 Å². The number of alkyl halides is 1. The van der Waals surface area contributed by atoms with Gasteiger partial charge in [0.15, 0.2) is 0 Å². The highest BCUT2D eigenvalue weighted by Crippen LogP contribution is 2.22. The summed E-state index contributed by atoms with van der Waals surface area (Å²) in [5.41, 5.74) is 0.862. The zero-order valence-corrected chi connectivity index (χ0v) is 14.2. The van der Waals surface area contributed by atoms with Crippen LogP contribution in [0.2, 0.25) is 0 Å². The molecule has 1 aromatic rings. The summed E-state index contributed by atoms with van der Waals surface area (Å²) >= 11 is 3.42. The molecule has 1 amide bonds. The van der Waals surface area contributed by atoms with Gasteiger partial charge in [0.1, 0.15) is 18.8 Å². The van der Waals surface area contributed by atoms with Gasteiger partial charge in [0, 0.05) is 6.42 Å². The van der Waals surface area contributed by atoms with Crippen molar-refractivity contribution in [1.29, 1.82) is 0 Å². The number of alkyl carbamates (subject to hydrolysis) is 1. The second-order valence-electron chi connectivity index (χ2n) is 4.97. The summed E-state index contributed by atoms with van der Waals surface area (Å²) in [6.45, 7) is 0.128. The molecular formula is C16H18BrNO5. The van der Waals surface area contributed by atoms with Crippen molar-refractivity contribution in [3.05, 3.63) is 48.2 Å². The molecule has 0 saturated carbocycles. The summed E-state index contributed by atoms with van der Waals surface area (Å²) in [5, 5.41) is 2.52. The molecular weight excluding hydrogens is 366 g/mol. The molecule has 1 N–H and O–H groups in total. The van der Waals surface area contributed by atoms with Crippen LogP contribution in [-0.4, -0.2) is 36.1 Å². The molecule has 3 atom stereocenters. The van der Waals surface area contributed by atoms with Gasteiger partial charge >= 0.3 is 12.1 Å². The first kappa shape index (κ1) is 17.3. The highest BCUT2D eigenvalue weighted by molar-refractivity contribution is 9.09. The molecule has 6 nitrogen and oxygen atoms in total. The summed E-state index contributed by atoms with van der Waals surface area (Å²) in [7, 11) is 1.27. The number of benzene rings is 1. The first-order valence-corrected chi connectivity index (χ1v) is 8.03. The van der Waals surface area contributed by atoms with E-state index in [0.29, 0.717) is 0 Å². The lowest BCUT2D eigenvalue weighted by atomic mass is 10.1. The molecule has 23 heavy (non-hydrogen) atoms.